The van der Waals surface area contributed by atoms with E-state index in [0.717, 1.165) is 17.7 Å². The van der Waals surface area contributed by atoms with E-state index in [2.05, 4.69) is 4.99 Å². The third-order valence-electron chi connectivity index (χ3n) is 1.96. The van der Waals surface area contributed by atoms with Crippen LogP contribution in [-0.2, 0) is 4.74 Å². The fourth-order valence-electron chi connectivity index (χ4n) is 1.16. The Morgan fingerprint density at radius 1 is 1.56 bits per heavy atom. The number of ether oxygens (including phenoxy) is 1. The van der Waals surface area contributed by atoms with Gasteiger partial charge in [-0.3, -0.25) is 0 Å². The van der Waals surface area contributed by atoms with Gasteiger partial charge in [0.1, 0.15) is 0 Å². The molecule has 0 radical (unpaired) electrons. The van der Waals surface area contributed by atoms with Crippen LogP contribution in [0, 0.1) is 5.92 Å². The van der Waals surface area contributed by atoms with E-state index in [1.807, 2.05) is 37.6 Å². The molecule has 1 rings (SSSR count). The summed E-state index contributed by atoms with van der Waals surface area (Å²) in [6.07, 6.45) is 0.241. The molecule has 0 fully saturated rings. The number of carbonyl (C=O) groups excluding carboxylic acids is 1. The molecule has 0 saturated carbocycles. The van der Waals surface area contributed by atoms with E-state index in [0.29, 0.717) is 12.5 Å². The molecule has 4 heteroatoms. The average Bonchev–Trinajstić information content (AvgIpc) is 2.76. The van der Waals surface area contributed by atoms with Gasteiger partial charge in [-0.25, -0.2) is 4.79 Å². The van der Waals surface area contributed by atoms with E-state index in [4.69, 9.17) is 4.74 Å². The molecule has 16 heavy (non-hydrogen) atoms. The van der Waals surface area contributed by atoms with Gasteiger partial charge >= 0.3 is 6.09 Å². The van der Waals surface area contributed by atoms with Crippen LogP contribution in [0.2, 0.25) is 0 Å². The highest BCUT2D eigenvalue weighted by Crippen LogP contribution is 2.10. The highest BCUT2D eigenvalue weighted by molar-refractivity contribution is 7.08. The largest absolute Gasteiger partial charge is 0.448 e. The monoisotopic (exact) mass is 239 g/mol. The van der Waals surface area contributed by atoms with Crippen molar-refractivity contribution in [2.45, 2.75) is 27.2 Å². The number of nitrogens with zero attached hydrogens (tertiary/aromatic N) is 1. The molecule has 0 aliphatic carbocycles. The smallest absolute Gasteiger partial charge is 0.433 e. The zero-order valence-corrected chi connectivity index (χ0v) is 10.7. The minimum Gasteiger partial charge on any atom is -0.448 e. The van der Waals surface area contributed by atoms with Crippen LogP contribution in [0.5, 0.6) is 0 Å². The summed E-state index contributed by atoms with van der Waals surface area (Å²) >= 11 is 1.60. The lowest BCUT2D eigenvalue weighted by Crippen LogP contribution is -2.09. The van der Waals surface area contributed by atoms with Gasteiger partial charge in [0, 0.05) is 5.56 Å². The highest BCUT2D eigenvalue weighted by Gasteiger charge is 2.07. The van der Waals surface area contributed by atoms with Gasteiger partial charge in [-0.05, 0) is 29.2 Å². The fourth-order valence-corrected chi connectivity index (χ4v) is 1.82. The Hall–Kier alpha value is -1.16. The SMILES string of the molecule is CCC(=NC(=O)OCC(C)C)c1ccsc1. The Labute approximate surface area is 100 Å². The second-order valence-electron chi connectivity index (χ2n) is 3.89. The minimum atomic E-state index is -0.489. The molecule has 88 valence electrons. The van der Waals surface area contributed by atoms with Gasteiger partial charge in [-0.2, -0.15) is 16.3 Å². The maximum Gasteiger partial charge on any atom is 0.433 e. The maximum atomic E-state index is 11.4. The second-order valence-corrected chi connectivity index (χ2v) is 4.67. The van der Waals surface area contributed by atoms with Crippen LogP contribution in [0.4, 0.5) is 4.79 Å². The van der Waals surface area contributed by atoms with Crippen molar-refractivity contribution in [3.8, 4) is 0 Å². The van der Waals surface area contributed by atoms with Crippen molar-refractivity contribution < 1.29 is 9.53 Å². The van der Waals surface area contributed by atoms with E-state index < -0.39 is 6.09 Å². The zero-order valence-electron chi connectivity index (χ0n) is 9.90. The van der Waals surface area contributed by atoms with Gasteiger partial charge in [-0.1, -0.05) is 20.8 Å². The van der Waals surface area contributed by atoms with Crippen LogP contribution in [-0.4, -0.2) is 18.4 Å². The molecular weight excluding hydrogens is 222 g/mol. The highest BCUT2D eigenvalue weighted by atomic mass is 32.1. The first-order valence-corrected chi connectivity index (χ1v) is 6.34. The predicted molar refractivity (Wildman–Crippen MR) is 67.3 cm³/mol. The third-order valence-corrected chi connectivity index (χ3v) is 2.64. The molecule has 3 nitrogen and oxygen atoms in total. The number of thiophene rings is 1. The second kappa shape index (κ2) is 6.43. The Kier molecular flexibility index (Phi) is 5.19. The number of rotatable bonds is 4. The number of hydrogen-bond donors (Lipinski definition) is 0. The van der Waals surface area contributed by atoms with Gasteiger partial charge in [0.05, 0.1) is 12.3 Å². The molecule has 0 saturated heterocycles. The molecule has 0 aliphatic rings. The van der Waals surface area contributed by atoms with Crippen molar-refractivity contribution in [2.75, 3.05) is 6.61 Å². The van der Waals surface area contributed by atoms with Crippen molar-refractivity contribution in [2.24, 2.45) is 10.9 Å². The van der Waals surface area contributed by atoms with E-state index in [1.165, 1.54) is 0 Å². The third kappa shape index (κ3) is 4.14. The van der Waals surface area contributed by atoms with Crippen LogP contribution in [0.1, 0.15) is 32.8 Å². The summed E-state index contributed by atoms with van der Waals surface area (Å²) in [5.41, 5.74) is 1.80. The molecule has 1 heterocycles. The van der Waals surface area contributed by atoms with E-state index in [1.54, 1.807) is 11.3 Å². The van der Waals surface area contributed by atoms with Gasteiger partial charge < -0.3 is 4.74 Å². The summed E-state index contributed by atoms with van der Waals surface area (Å²) < 4.78 is 5.01. The number of amides is 1. The first kappa shape index (κ1) is 12.9. The molecule has 0 atom stereocenters. The molecule has 0 bridgehead atoms. The molecule has 0 unspecified atom stereocenters. The molecule has 0 spiro atoms. The Morgan fingerprint density at radius 2 is 2.31 bits per heavy atom. The minimum absolute atomic E-state index is 0.338. The van der Waals surface area contributed by atoms with Crippen LogP contribution >= 0.6 is 11.3 Å². The van der Waals surface area contributed by atoms with Crippen molar-refractivity contribution >= 4 is 23.1 Å². The lowest BCUT2D eigenvalue weighted by Gasteiger charge is -2.05. The Bertz CT molecular complexity index is 355. The predicted octanol–water partition coefficient (Wildman–Crippen LogP) is 3.74. The van der Waals surface area contributed by atoms with E-state index >= 15 is 0 Å². The summed E-state index contributed by atoms with van der Waals surface area (Å²) in [6.45, 7) is 6.39. The lowest BCUT2D eigenvalue weighted by molar-refractivity contribution is 0.143. The fraction of sp³-hybridized carbons (Fsp3) is 0.500. The normalized spacial score (nSPS) is 11.9. The van der Waals surface area contributed by atoms with Gasteiger partial charge in [-0.15, -0.1) is 0 Å². The lowest BCUT2D eigenvalue weighted by atomic mass is 10.2. The van der Waals surface area contributed by atoms with Gasteiger partial charge in [0.25, 0.3) is 0 Å². The average molecular weight is 239 g/mol. The van der Waals surface area contributed by atoms with Crippen LogP contribution in [0.25, 0.3) is 0 Å². The van der Waals surface area contributed by atoms with Crippen LogP contribution < -0.4 is 0 Å². The summed E-state index contributed by atoms with van der Waals surface area (Å²) in [7, 11) is 0. The van der Waals surface area contributed by atoms with Crippen LogP contribution in [0.3, 0.4) is 0 Å². The number of aliphatic imine (C=N–C) groups is 1. The van der Waals surface area contributed by atoms with Crippen molar-refractivity contribution in [1.82, 2.24) is 0 Å². The summed E-state index contributed by atoms with van der Waals surface area (Å²) in [5.74, 6) is 0.338. The number of carbonyl (C=O) groups is 1. The molecular formula is C12H17NO2S. The van der Waals surface area contributed by atoms with Crippen LogP contribution in [0.15, 0.2) is 21.8 Å². The zero-order chi connectivity index (χ0) is 12.0. The summed E-state index contributed by atoms with van der Waals surface area (Å²) in [5, 5.41) is 3.96. The molecule has 0 aromatic carbocycles. The molecule has 0 N–H and O–H groups in total. The Morgan fingerprint density at radius 3 is 2.81 bits per heavy atom. The van der Waals surface area contributed by atoms with Crippen molar-refractivity contribution in [1.29, 1.82) is 0 Å². The summed E-state index contributed by atoms with van der Waals surface area (Å²) in [4.78, 5) is 15.4. The molecule has 1 aromatic heterocycles. The summed E-state index contributed by atoms with van der Waals surface area (Å²) in [6, 6.07) is 1.96. The first-order chi connectivity index (χ1) is 7.63. The first-order valence-electron chi connectivity index (χ1n) is 5.40. The van der Waals surface area contributed by atoms with Crippen molar-refractivity contribution in [3.05, 3.63) is 22.4 Å². The number of hydrogen-bond acceptors (Lipinski definition) is 3. The van der Waals surface area contributed by atoms with E-state index in [-0.39, 0.29) is 0 Å². The van der Waals surface area contributed by atoms with Gasteiger partial charge in [0.2, 0.25) is 0 Å². The standard InChI is InChI=1S/C12H17NO2S/c1-4-11(10-5-6-16-8-10)13-12(14)15-7-9(2)3/h5-6,8-9H,4,7H2,1-3H3. The molecule has 1 amide bonds. The van der Waals surface area contributed by atoms with E-state index in [9.17, 15) is 4.79 Å². The quantitative estimate of drug-likeness (QED) is 0.751. The molecule has 0 aliphatic heterocycles. The topological polar surface area (TPSA) is 38.7 Å². The Balaban J connectivity index is 2.62. The molecule has 1 aromatic rings. The maximum absolute atomic E-state index is 11.4. The van der Waals surface area contributed by atoms with Crippen molar-refractivity contribution in [3.63, 3.8) is 0 Å². The van der Waals surface area contributed by atoms with Gasteiger partial charge in [0.15, 0.2) is 0 Å².